The number of unbranched alkanes of at least 4 members (excludes halogenated alkanes) is 1. The molecule has 4 aromatic carbocycles. The maximum atomic E-state index is 12.4. The molecule has 206 valence electrons. The largest absolute Gasteiger partial charge is 0.480 e. The van der Waals surface area contributed by atoms with E-state index >= 15 is 0 Å². The minimum absolute atomic E-state index is 0.244. The first-order valence-corrected chi connectivity index (χ1v) is 14.3. The Balaban J connectivity index is 1.20. The molecule has 1 aliphatic rings. The van der Waals surface area contributed by atoms with Gasteiger partial charge in [-0.2, -0.15) is 0 Å². The number of fused-ring (bicyclic) bond motifs is 1. The second-order valence-electron chi connectivity index (χ2n) is 10.7. The van der Waals surface area contributed by atoms with Gasteiger partial charge in [-0.15, -0.1) is 0 Å². The summed E-state index contributed by atoms with van der Waals surface area (Å²) >= 11 is 0. The third-order valence-electron chi connectivity index (χ3n) is 7.88. The number of amides is 1. The second kappa shape index (κ2) is 13.6. The van der Waals surface area contributed by atoms with Crippen LogP contribution >= 0.6 is 0 Å². The molecule has 0 fully saturated rings. The number of hydrogen-bond acceptors (Lipinski definition) is 2. The van der Waals surface area contributed by atoms with Crippen LogP contribution in [0.5, 0.6) is 0 Å². The van der Waals surface area contributed by atoms with Gasteiger partial charge in [-0.1, -0.05) is 109 Å². The van der Waals surface area contributed by atoms with E-state index in [0.29, 0.717) is 24.7 Å². The Bertz CT molecular complexity index is 1530. The van der Waals surface area contributed by atoms with Gasteiger partial charge in [0.15, 0.2) is 0 Å². The average Bonchev–Trinajstić information content (AvgIpc) is 3.01. The van der Waals surface area contributed by atoms with E-state index in [1.165, 1.54) is 22.3 Å². The van der Waals surface area contributed by atoms with Crippen LogP contribution in [0.25, 0.3) is 0 Å². The number of hydrogen-bond donors (Lipinski definition) is 2. The molecule has 0 aromatic heterocycles. The van der Waals surface area contributed by atoms with Crippen molar-refractivity contribution in [3.63, 3.8) is 0 Å². The predicted octanol–water partition coefficient (Wildman–Crippen LogP) is 6.69. The van der Waals surface area contributed by atoms with Crippen LogP contribution in [0.2, 0.25) is 0 Å². The molecule has 0 heterocycles. The van der Waals surface area contributed by atoms with E-state index in [4.69, 9.17) is 0 Å². The fourth-order valence-electron chi connectivity index (χ4n) is 5.78. The van der Waals surface area contributed by atoms with Gasteiger partial charge in [-0.05, 0) is 71.0 Å². The predicted molar refractivity (Wildman–Crippen MR) is 163 cm³/mol. The normalized spacial score (nSPS) is 16.5. The molecule has 41 heavy (non-hydrogen) atoms. The third kappa shape index (κ3) is 7.52. The Hall–Kier alpha value is -4.62. The zero-order valence-corrected chi connectivity index (χ0v) is 23.1. The van der Waals surface area contributed by atoms with Crippen LogP contribution in [0.1, 0.15) is 64.5 Å². The summed E-state index contributed by atoms with van der Waals surface area (Å²) in [5.41, 5.74) is 7.39. The first-order chi connectivity index (χ1) is 20.1. The van der Waals surface area contributed by atoms with E-state index in [2.05, 4.69) is 90.0 Å². The molecule has 4 aromatic rings. The summed E-state index contributed by atoms with van der Waals surface area (Å²) in [6, 6.07) is 36.5. The maximum Gasteiger partial charge on any atom is 0.326 e. The summed E-state index contributed by atoms with van der Waals surface area (Å²) in [7, 11) is 0. The highest BCUT2D eigenvalue weighted by atomic mass is 16.4. The first-order valence-electron chi connectivity index (χ1n) is 14.3. The lowest BCUT2D eigenvalue weighted by Crippen LogP contribution is -2.42. The Morgan fingerprint density at radius 2 is 1.39 bits per heavy atom. The standard InChI is InChI=1S/C37H35NO3/c39-36(38-35(37(40)41)24-28-14-4-1-5-15-28)22-9-2-6-13-27-16-12-21-32(23-27)34-26-31-20-11-10-19-30(31)25-33(34)29-17-7-3-8-18-29/h1,3-5,7-8,10-12,14-21,23,33-35H,2,9,22,24-26H2,(H,38,39)(H,40,41)/t33?,34?,35-/m0/s1. The molecule has 2 N–H and O–H groups in total. The molecular weight excluding hydrogens is 506 g/mol. The van der Waals surface area contributed by atoms with Gasteiger partial charge in [0.1, 0.15) is 6.04 Å². The zero-order chi connectivity index (χ0) is 28.4. The highest BCUT2D eigenvalue weighted by Crippen LogP contribution is 2.43. The minimum atomic E-state index is -1.03. The maximum absolute atomic E-state index is 12.4. The van der Waals surface area contributed by atoms with Crippen molar-refractivity contribution in [1.82, 2.24) is 5.32 Å². The van der Waals surface area contributed by atoms with E-state index in [0.717, 1.165) is 24.0 Å². The van der Waals surface area contributed by atoms with E-state index in [1.807, 2.05) is 36.4 Å². The molecule has 3 atom stereocenters. The number of nitrogens with one attached hydrogen (secondary N) is 1. The highest BCUT2D eigenvalue weighted by molar-refractivity contribution is 5.83. The lowest BCUT2D eigenvalue weighted by Gasteiger charge is -2.34. The summed E-state index contributed by atoms with van der Waals surface area (Å²) in [4.78, 5) is 24.1. The molecule has 0 saturated heterocycles. The average molecular weight is 542 g/mol. The minimum Gasteiger partial charge on any atom is -0.480 e. The molecule has 0 radical (unpaired) electrons. The molecule has 0 saturated carbocycles. The van der Waals surface area contributed by atoms with Crippen LogP contribution in [-0.2, 0) is 28.9 Å². The highest BCUT2D eigenvalue weighted by Gasteiger charge is 2.30. The van der Waals surface area contributed by atoms with E-state index < -0.39 is 12.0 Å². The quantitative estimate of drug-likeness (QED) is 0.183. The van der Waals surface area contributed by atoms with Gasteiger partial charge in [0.05, 0.1) is 0 Å². The molecule has 1 aliphatic carbocycles. The molecule has 5 rings (SSSR count). The van der Waals surface area contributed by atoms with Crippen molar-refractivity contribution < 1.29 is 14.7 Å². The lowest BCUT2D eigenvalue weighted by atomic mass is 9.70. The van der Waals surface area contributed by atoms with Gasteiger partial charge in [0, 0.05) is 24.8 Å². The molecule has 4 nitrogen and oxygen atoms in total. The van der Waals surface area contributed by atoms with Crippen LogP contribution in [0.4, 0.5) is 0 Å². The molecule has 4 heteroatoms. The van der Waals surface area contributed by atoms with E-state index in [9.17, 15) is 14.7 Å². The molecule has 2 unspecified atom stereocenters. The molecular formula is C37H35NO3. The van der Waals surface area contributed by atoms with Gasteiger partial charge >= 0.3 is 5.97 Å². The van der Waals surface area contributed by atoms with Crippen molar-refractivity contribution in [3.8, 4) is 11.8 Å². The van der Waals surface area contributed by atoms with Crippen LogP contribution < -0.4 is 5.32 Å². The fraction of sp³-hybridized carbons (Fsp3) is 0.243. The summed E-state index contributed by atoms with van der Waals surface area (Å²) in [5.74, 6) is 5.99. The summed E-state index contributed by atoms with van der Waals surface area (Å²) in [6.45, 7) is 0. The first kappa shape index (κ1) is 27.9. The molecule has 0 bridgehead atoms. The van der Waals surface area contributed by atoms with Gasteiger partial charge in [-0.25, -0.2) is 4.79 Å². The van der Waals surface area contributed by atoms with Crippen molar-refractivity contribution in [3.05, 3.63) is 143 Å². The topological polar surface area (TPSA) is 66.4 Å². The number of benzene rings is 4. The third-order valence-corrected chi connectivity index (χ3v) is 7.88. The van der Waals surface area contributed by atoms with Crippen LogP contribution in [0.15, 0.2) is 109 Å². The lowest BCUT2D eigenvalue weighted by molar-refractivity contribution is -0.141. The van der Waals surface area contributed by atoms with Gasteiger partial charge in [0.25, 0.3) is 0 Å². The second-order valence-corrected chi connectivity index (χ2v) is 10.7. The van der Waals surface area contributed by atoms with Crippen LogP contribution in [-0.4, -0.2) is 23.0 Å². The number of carbonyl (C=O) groups excluding carboxylic acids is 1. The number of carboxylic acid groups (broad SMARTS) is 1. The van der Waals surface area contributed by atoms with Gasteiger partial charge in [-0.3, -0.25) is 4.79 Å². The summed E-state index contributed by atoms with van der Waals surface area (Å²) in [6.07, 6.45) is 3.67. The molecule has 0 aliphatic heterocycles. The van der Waals surface area contributed by atoms with Gasteiger partial charge < -0.3 is 10.4 Å². The Labute approximate surface area is 242 Å². The van der Waals surface area contributed by atoms with Crippen LogP contribution in [0, 0.1) is 11.8 Å². The Kier molecular flexibility index (Phi) is 9.29. The van der Waals surface area contributed by atoms with Crippen molar-refractivity contribution in [1.29, 1.82) is 0 Å². The van der Waals surface area contributed by atoms with Crippen molar-refractivity contribution in [2.24, 2.45) is 0 Å². The number of carbonyl (C=O) groups is 2. The number of rotatable bonds is 9. The summed E-state index contributed by atoms with van der Waals surface area (Å²) in [5, 5.41) is 12.2. The summed E-state index contributed by atoms with van der Waals surface area (Å²) < 4.78 is 0. The van der Waals surface area contributed by atoms with Crippen molar-refractivity contribution >= 4 is 11.9 Å². The fourth-order valence-corrected chi connectivity index (χ4v) is 5.78. The zero-order valence-electron chi connectivity index (χ0n) is 23.1. The SMILES string of the molecule is O=C(CCCC#Cc1cccc(C2Cc3ccccc3CC2c2ccccc2)c1)N[C@@H](Cc1ccccc1)C(=O)O. The van der Waals surface area contributed by atoms with E-state index in [-0.39, 0.29) is 18.7 Å². The Morgan fingerprint density at radius 3 is 2.07 bits per heavy atom. The number of carboxylic acids is 1. The smallest absolute Gasteiger partial charge is 0.326 e. The van der Waals surface area contributed by atoms with Crippen LogP contribution in [0.3, 0.4) is 0 Å². The Morgan fingerprint density at radius 1 is 0.780 bits per heavy atom. The van der Waals surface area contributed by atoms with Crippen molar-refractivity contribution in [2.75, 3.05) is 0 Å². The number of aliphatic carboxylic acids is 1. The van der Waals surface area contributed by atoms with E-state index in [1.54, 1.807) is 0 Å². The monoisotopic (exact) mass is 541 g/mol. The molecule has 0 spiro atoms. The van der Waals surface area contributed by atoms with Crippen molar-refractivity contribution in [2.45, 2.75) is 56.4 Å². The molecule has 1 amide bonds. The van der Waals surface area contributed by atoms with Gasteiger partial charge in [0.2, 0.25) is 5.91 Å².